The lowest BCUT2D eigenvalue weighted by molar-refractivity contribution is -0.384. The van der Waals surface area contributed by atoms with Gasteiger partial charge in [-0.1, -0.05) is 48.0 Å². The number of rotatable bonds is 8. The van der Waals surface area contributed by atoms with E-state index in [1.165, 1.54) is 38.5 Å². The molecule has 3 aromatic rings. The van der Waals surface area contributed by atoms with Crippen LogP contribution in [-0.4, -0.2) is 31.0 Å². The van der Waals surface area contributed by atoms with Crippen molar-refractivity contribution in [3.63, 3.8) is 0 Å². The van der Waals surface area contributed by atoms with E-state index < -0.39 is 22.9 Å². The highest BCUT2D eigenvalue weighted by Gasteiger charge is 2.28. The third-order valence-corrected chi connectivity index (χ3v) is 5.12. The molecule has 0 radical (unpaired) electrons. The van der Waals surface area contributed by atoms with Crippen LogP contribution in [-0.2, 0) is 9.53 Å². The van der Waals surface area contributed by atoms with Gasteiger partial charge in [0, 0.05) is 11.6 Å². The number of halogens is 1. The van der Waals surface area contributed by atoms with Gasteiger partial charge in [-0.3, -0.25) is 14.9 Å². The lowest BCUT2D eigenvalue weighted by Crippen LogP contribution is -2.26. The average molecular weight is 485 g/mol. The van der Waals surface area contributed by atoms with Gasteiger partial charge >= 0.3 is 5.97 Å². The van der Waals surface area contributed by atoms with Gasteiger partial charge in [-0.05, 0) is 30.7 Å². The number of aryl methyl sites for hydroxylation is 1. The molecule has 34 heavy (non-hydrogen) atoms. The summed E-state index contributed by atoms with van der Waals surface area (Å²) in [4.78, 5) is 36.9. The number of amides is 1. The first kappa shape index (κ1) is 24.5. The number of esters is 1. The van der Waals surface area contributed by atoms with Gasteiger partial charge in [0.25, 0.3) is 11.6 Å². The summed E-state index contributed by atoms with van der Waals surface area (Å²) < 4.78 is 15.9. The monoisotopic (exact) mass is 484 g/mol. The molecule has 0 aromatic heterocycles. The number of hydrogen-bond acceptors (Lipinski definition) is 7. The number of methoxy groups -OCH3 is 2. The zero-order valence-electron chi connectivity index (χ0n) is 18.5. The minimum absolute atomic E-state index is 0.0215. The SMILES string of the molecule is COc1cc(C(=O)OC(C(=O)Nc2ccc(C)cc2[N+](=O)[O-])c2ccccc2)cc(Cl)c1OC. The normalized spacial score (nSPS) is 11.3. The van der Waals surface area contributed by atoms with Gasteiger partial charge in [-0.15, -0.1) is 0 Å². The second kappa shape index (κ2) is 10.7. The number of carbonyl (C=O) groups is 2. The number of carbonyl (C=O) groups excluding carboxylic acids is 2. The number of nitro groups is 1. The van der Waals surface area contributed by atoms with Gasteiger partial charge < -0.3 is 19.5 Å². The Bertz CT molecular complexity index is 1230. The Morgan fingerprint density at radius 2 is 1.74 bits per heavy atom. The van der Waals surface area contributed by atoms with E-state index in [1.807, 2.05) is 0 Å². The fraction of sp³-hybridized carbons (Fsp3) is 0.167. The molecule has 0 aliphatic carbocycles. The van der Waals surface area contributed by atoms with Gasteiger partial charge in [0.05, 0.1) is 29.7 Å². The Kier molecular flexibility index (Phi) is 7.70. The van der Waals surface area contributed by atoms with Crippen LogP contribution in [0.25, 0.3) is 0 Å². The fourth-order valence-electron chi connectivity index (χ4n) is 3.21. The van der Waals surface area contributed by atoms with E-state index in [-0.39, 0.29) is 33.5 Å². The molecule has 0 heterocycles. The summed E-state index contributed by atoms with van der Waals surface area (Å²) in [7, 11) is 2.79. The molecule has 3 aromatic carbocycles. The summed E-state index contributed by atoms with van der Waals surface area (Å²) >= 11 is 6.18. The quantitative estimate of drug-likeness (QED) is 0.268. The minimum Gasteiger partial charge on any atom is -0.493 e. The van der Waals surface area contributed by atoms with E-state index in [1.54, 1.807) is 43.3 Å². The van der Waals surface area contributed by atoms with Crippen LogP contribution in [0.2, 0.25) is 5.02 Å². The first-order chi connectivity index (χ1) is 16.2. The summed E-state index contributed by atoms with van der Waals surface area (Å²) in [6, 6.07) is 15.4. The van der Waals surface area contributed by atoms with E-state index in [0.29, 0.717) is 11.1 Å². The van der Waals surface area contributed by atoms with Crippen LogP contribution < -0.4 is 14.8 Å². The van der Waals surface area contributed by atoms with Crippen molar-refractivity contribution >= 4 is 34.9 Å². The summed E-state index contributed by atoms with van der Waals surface area (Å²) in [6.07, 6.45) is -1.40. The molecule has 0 spiro atoms. The van der Waals surface area contributed by atoms with Crippen molar-refractivity contribution < 1.29 is 28.7 Å². The predicted octanol–water partition coefficient (Wildman–Crippen LogP) is 5.11. The van der Waals surface area contributed by atoms with E-state index in [4.69, 9.17) is 25.8 Å². The van der Waals surface area contributed by atoms with Gasteiger partial charge in [-0.25, -0.2) is 4.79 Å². The molecule has 1 unspecified atom stereocenters. The van der Waals surface area contributed by atoms with Crippen LogP contribution in [0.15, 0.2) is 60.7 Å². The number of hydrogen-bond donors (Lipinski definition) is 1. The topological polar surface area (TPSA) is 117 Å². The van der Waals surface area contributed by atoms with Crippen LogP contribution >= 0.6 is 11.6 Å². The summed E-state index contributed by atoms with van der Waals surface area (Å²) in [5.41, 5.74) is 0.748. The smallest absolute Gasteiger partial charge is 0.339 e. The molecule has 0 saturated carbocycles. The zero-order valence-corrected chi connectivity index (χ0v) is 19.3. The molecule has 1 atom stereocenters. The Morgan fingerprint density at radius 1 is 1.03 bits per heavy atom. The van der Waals surface area contributed by atoms with E-state index in [2.05, 4.69) is 5.32 Å². The number of nitrogens with one attached hydrogen (secondary N) is 1. The molecule has 1 amide bonds. The first-order valence-corrected chi connectivity index (χ1v) is 10.4. The Labute approximate surface area is 200 Å². The van der Waals surface area contributed by atoms with E-state index in [9.17, 15) is 19.7 Å². The third kappa shape index (κ3) is 5.44. The molecule has 10 heteroatoms. The highest BCUT2D eigenvalue weighted by atomic mass is 35.5. The van der Waals surface area contributed by atoms with Crippen LogP contribution in [0, 0.1) is 17.0 Å². The number of benzene rings is 3. The van der Waals surface area contributed by atoms with E-state index >= 15 is 0 Å². The Morgan fingerprint density at radius 3 is 2.35 bits per heavy atom. The number of nitro benzene ring substituents is 1. The molecule has 1 N–H and O–H groups in total. The maximum absolute atomic E-state index is 13.1. The maximum Gasteiger partial charge on any atom is 0.339 e. The molecule has 3 rings (SSSR count). The summed E-state index contributed by atoms with van der Waals surface area (Å²) in [5, 5.41) is 14.1. The van der Waals surface area contributed by atoms with Gasteiger partial charge in [0.15, 0.2) is 11.5 Å². The molecule has 0 aliphatic heterocycles. The second-order valence-electron chi connectivity index (χ2n) is 7.16. The second-order valence-corrected chi connectivity index (χ2v) is 7.56. The van der Waals surface area contributed by atoms with Crippen LogP contribution in [0.1, 0.15) is 27.6 Å². The van der Waals surface area contributed by atoms with Crippen LogP contribution in [0.5, 0.6) is 11.5 Å². The van der Waals surface area contributed by atoms with Crippen molar-refractivity contribution in [2.45, 2.75) is 13.0 Å². The van der Waals surface area contributed by atoms with E-state index in [0.717, 1.165) is 0 Å². The molecule has 0 fully saturated rings. The summed E-state index contributed by atoms with van der Waals surface area (Å²) in [6.45, 7) is 1.70. The Balaban J connectivity index is 1.94. The average Bonchev–Trinajstić information content (AvgIpc) is 2.83. The fourth-order valence-corrected chi connectivity index (χ4v) is 3.50. The molecule has 0 bridgehead atoms. The van der Waals surface area contributed by atoms with Gasteiger partial charge in [0.2, 0.25) is 6.10 Å². The van der Waals surface area contributed by atoms with Crippen molar-refractivity contribution in [1.82, 2.24) is 0 Å². The third-order valence-electron chi connectivity index (χ3n) is 4.84. The van der Waals surface area contributed by atoms with Gasteiger partial charge in [-0.2, -0.15) is 0 Å². The molecule has 0 aliphatic rings. The van der Waals surface area contributed by atoms with Crippen molar-refractivity contribution in [3.05, 3.63) is 92.5 Å². The van der Waals surface area contributed by atoms with Gasteiger partial charge in [0.1, 0.15) is 5.69 Å². The standard InChI is InChI=1S/C24H21ClN2O7/c1-14-9-10-18(19(11-14)27(30)31)26-23(28)21(15-7-5-4-6-8-15)34-24(29)16-12-17(25)22(33-3)20(13-16)32-2/h4-13,21H,1-3H3,(H,26,28). The molecule has 176 valence electrons. The maximum atomic E-state index is 13.1. The lowest BCUT2D eigenvalue weighted by Gasteiger charge is -2.19. The first-order valence-electron chi connectivity index (χ1n) is 9.98. The van der Waals surface area contributed by atoms with Crippen molar-refractivity contribution in [3.8, 4) is 11.5 Å². The molecule has 0 saturated heterocycles. The highest BCUT2D eigenvalue weighted by molar-refractivity contribution is 6.32. The predicted molar refractivity (Wildman–Crippen MR) is 126 cm³/mol. The molecular weight excluding hydrogens is 464 g/mol. The Hall–Kier alpha value is -4.11. The zero-order chi connectivity index (χ0) is 24.8. The largest absolute Gasteiger partial charge is 0.493 e. The minimum atomic E-state index is -1.40. The molecule has 9 nitrogen and oxygen atoms in total. The van der Waals surface area contributed by atoms with Crippen molar-refractivity contribution in [2.24, 2.45) is 0 Å². The number of ether oxygens (including phenoxy) is 3. The molecular formula is C24H21ClN2O7. The highest BCUT2D eigenvalue weighted by Crippen LogP contribution is 2.37. The number of anilines is 1. The van der Waals surface area contributed by atoms with Crippen LogP contribution in [0.4, 0.5) is 11.4 Å². The summed E-state index contributed by atoms with van der Waals surface area (Å²) in [5.74, 6) is -1.17. The number of nitrogens with zero attached hydrogens (tertiary/aromatic N) is 1. The van der Waals surface area contributed by atoms with Crippen molar-refractivity contribution in [2.75, 3.05) is 19.5 Å². The van der Waals surface area contributed by atoms with Crippen molar-refractivity contribution in [1.29, 1.82) is 0 Å². The van der Waals surface area contributed by atoms with Crippen LogP contribution in [0.3, 0.4) is 0 Å². The lowest BCUT2D eigenvalue weighted by atomic mass is 10.1.